The Kier molecular flexibility index (Phi) is 18.7. The van der Waals surface area contributed by atoms with Crippen molar-refractivity contribution < 1.29 is 67.0 Å². The number of hydrogen-bond acceptors (Lipinski definition) is 14. The number of esters is 6. The highest BCUT2D eigenvalue weighted by molar-refractivity contribution is 5.98. The van der Waals surface area contributed by atoms with E-state index >= 15 is 0 Å². The van der Waals surface area contributed by atoms with Gasteiger partial charge in [0.2, 0.25) is 0 Å². The van der Waals surface area contributed by atoms with Gasteiger partial charge in [-0.1, -0.05) is 44.3 Å². The van der Waals surface area contributed by atoms with E-state index in [9.17, 15) is 33.9 Å². The van der Waals surface area contributed by atoms with Gasteiger partial charge in [0.15, 0.2) is 6.10 Å². The molecule has 0 radical (unpaired) electrons. The lowest BCUT2D eigenvalue weighted by Gasteiger charge is -2.18. The molecule has 2 aromatic carbocycles. The minimum atomic E-state index is -0.869. The maximum absolute atomic E-state index is 12.7. The standard InChI is InChI=1S/C44H58O14/c1-26(15-17-35-41(50)40-36(25-56-44(40)51)30(5)43(35)52-8)16-18-37(47)55-22-33-20-28(3)42(29(4)21-33)58-38(48)14-12-10-9-11-13-27(2)19-39(49)57-34(23-53-31(6)45)24-54-32(7)46/h15,20-21,27,34,50H,9-14,16-19,22-25H2,1-8H3/b26-15+. The highest BCUT2D eigenvalue weighted by Gasteiger charge is 2.32. The molecular formula is C44H58O14. The van der Waals surface area contributed by atoms with E-state index < -0.39 is 30.0 Å². The first-order chi connectivity index (χ1) is 27.5. The maximum Gasteiger partial charge on any atom is 0.342 e. The molecule has 58 heavy (non-hydrogen) atoms. The first kappa shape index (κ1) is 47.0. The van der Waals surface area contributed by atoms with Gasteiger partial charge < -0.3 is 38.3 Å². The van der Waals surface area contributed by atoms with Crippen LogP contribution in [-0.4, -0.2) is 67.3 Å². The number of methoxy groups -OCH3 is 1. The lowest BCUT2D eigenvalue weighted by Crippen LogP contribution is -2.30. The van der Waals surface area contributed by atoms with Crippen molar-refractivity contribution in [1.82, 2.24) is 0 Å². The summed E-state index contributed by atoms with van der Waals surface area (Å²) in [5.74, 6) is -1.88. The average Bonchev–Trinajstić information content (AvgIpc) is 3.56. The normalized spacial score (nSPS) is 12.7. The highest BCUT2D eigenvalue weighted by Crippen LogP contribution is 2.42. The monoisotopic (exact) mass is 810 g/mol. The third-order valence-corrected chi connectivity index (χ3v) is 9.75. The Morgan fingerprint density at radius 2 is 1.47 bits per heavy atom. The number of fused-ring (bicyclic) bond motifs is 1. The molecule has 1 unspecified atom stereocenters. The van der Waals surface area contributed by atoms with Crippen LogP contribution in [0.25, 0.3) is 0 Å². The predicted molar refractivity (Wildman–Crippen MR) is 211 cm³/mol. The molecular weight excluding hydrogens is 752 g/mol. The number of ether oxygens (including phenoxy) is 7. The van der Waals surface area contributed by atoms with Gasteiger partial charge in [-0.05, 0) is 87.3 Å². The van der Waals surface area contributed by atoms with Gasteiger partial charge in [-0.25, -0.2) is 4.79 Å². The lowest BCUT2D eigenvalue weighted by atomic mass is 9.94. The molecule has 0 spiro atoms. The molecule has 3 rings (SSSR count). The van der Waals surface area contributed by atoms with Gasteiger partial charge in [-0.15, -0.1) is 0 Å². The van der Waals surface area contributed by atoms with Crippen molar-refractivity contribution in [2.24, 2.45) is 5.92 Å². The molecule has 1 aliphatic heterocycles. The fourth-order valence-electron chi connectivity index (χ4n) is 6.66. The van der Waals surface area contributed by atoms with Crippen molar-refractivity contribution >= 4 is 35.8 Å². The largest absolute Gasteiger partial charge is 0.507 e. The smallest absolute Gasteiger partial charge is 0.342 e. The second kappa shape index (κ2) is 23.1. The van der Waals surface area contributed by atoms with Crippen molar-refractivity contribution in [1.29, 1.82) is 0 Å². The summed E-state index contributed by atoms with van der Waals surface area (Å²) in [6, 6.07) is 3.67. The van der Waals surface area contributed by atoms with Crippen LogP contribution in [-0.2, 0) is 67.3 Å². The zero-order valence-electron chi connectivity index (χ0n) is 35.0. The van der Waals surface area contributed by atoms with E-state index in [2.05, 4.69) is 0 Å². The quantitative estimate of drug-likeness (QED) is 0.0387. The first-order valence-corrected chi connectivity index (χ1v) is 19.7. The summed E-state index contributed by atoms with van der Waals surface area (Å²) in [5, 5.41) is 10.8. The van der Waals surface area contributed by atoms with E-state index in [1.54, 1.807) is 0 Å². The average molecular weight is 811 g/mol. The van der Waals surface area contributed by atoms with Crippen LogP contribution in [0.5, 0.6) is 17.2 Å². The van der Waals surface area contributed by atoms with E-state index in [4.69, 9.17) is 33.2 Å². The topological polar surface area (TPSA) is 187 Å². The van der Waals surface area contributed by atoms with Crippen LogP contribution in [0.2, 0.25) is 0 Å². The number of hydrogen-bond donors (Lipinski definition) is 1. The minimum Gasteiger partial charge on any atom is -0.507 e. The van der Waals surface area contributed by atoms with Crippen molar-refractivity contribution in [3.8, 4) is 17.2 Å². The Morgan fingerprint density at radius 1 is 0.828 bits per heavy atom. The third-order valence-electron chi connectivity index (χ3n) is 9.75. The molecule has 1 N–H and O–H groups in total. The number of phenols is 1. The summed E-state index contributed by atoms with van der Waals surface area (Å²) in [6.07, 6.45) is 6.37. The number of aryl methyl sites for hydroxylation is 2. The second-order valence-corrected chi connectivity index (χ2v) is 14.8. The highest BCUT2D eigenvalue weighted by atomic mass is 16.6. The van der Waals surface area contributed by atoms with Gasteiger partial charge in [-0.2, -0.15) is 0 Å². The van der Waals surface area contributed by atoms with E-state index in [1.165, 1.54) is 21.0 Å². The summed E-state index contributed by atoms with van der Waals surface area (Å²) >= 11 is 0. The number of carbonyl (C=O) groups is 6. The zero-order valence-corrected chi connectivity index (χ0v) is 35.0. The number of rotatable bonds is 23. The molecule has 0 saturated carbocycles. The minimum absolute atomic E-state index is 0.0502. The van der Waals surface area contributed by atoms with E-state index in [0.717, 1.165) is 53.5 Å². The van der Waals surface area contributed by atoms with Crippen LogP contribution >= 0.6 is 0 Å². The Morgan fingerprint density at radius 3 is 2.09 bits per heavy atom. The van der Waals surface area contributed by atoms with Gasteiger partial charge in [0, 0.05) is 44.2 Å². The molecule has 1 atom stereocenters. The number of carbonyl (C=O) groups excluding carboxylic acids is 6. The Bertz CT molecular complexity index is 1800. The molecule has 318 valence electrons. The zero-order chi connectivity index (χ0) is 42.9. The molecule has 0 saturated heterocycles. The van der Waals surface area contributed by atoms with Gasteiger partial charge >= 0.3 is 35.8 Å². The molecule has 0 aliphatic carbocycles. The molecule has 2 aromatic rings. The Hall–Kier alpha value is -5.40. The van der Waals surface area contributed by atoms with Gasteiger partial charge in [0.1, 0.15) is 49.2 Å². The van der Waals surface area contributed by atoms with E-state index in [-0.39, 0.29) is 74.9 Å². The van der Waals surface area contributed by atoms with Crippen LogP contribution in [0.15, 0.2) is 23.8 Å². The summed E-state index contributed by atoms with van der Waals surface area (Å²) in [7, 11) is 1.51. The number of unbranched alkanes of at least 4 members (excludes halogenated alkanes) is 3. The van der Waals surface area contributed by atoms with Crippen molar-refractivity contribution in [3.05, 3.63) is 62.7 Å². The van der Waals surface area contributed by atoms with Crippen molar-refractivity contribution in [2.45, 2.75) is 132 Å². The van der Waals surface area contributed by atoms with Crippen molar-refractivity contribution in [2.75, 3.05) is 20.3 Å². The fraction of sp³-hybridized carbons (Fsp3) is 0.545. The Labute approximate surface area is 340 Å². The van der Waals surface area contributed by atoms with Crippen LogP contribution in [0.4, 0.5) is 0 Å². The third kappa shape index (κ3) is 14.8. The van der Waals surface area contributed by atoms with Crippen molar-refractivity contribution in [3.63, 3.8) is 0 Å². The molecule has 14 nitrogen and oxygen atoms in total. The van der Waals surface area contributed by atoms with Crippen LogP contribution < -0.4 is 9.47 Å². The van der Waals surface area contributed by atoms with E-state index in [0.29, 0.717) is 41.9 Å². The maximum atomic E-state index is 12.7. The van der Waals surface area contributed by atoms with Crippen LogP contribution in [0.3, 0.4) is 0 Å². The molecule has 0 fully saturated rings. The molecule has 1 aliphatic rings. The number of benzene rings is 2. The molecule has 1 heterocycles. The van der Waals surface area contributed by atoms with E-state index in [1.807, 2.05) is 52.8 Å². The van der Waals surface area contributed by atoms with Gasteiger partial charge in [0.05, 0.1) is 7.11 Å². The predicted octanol–water partition coefficient (Wildman–Crippen LogP) is 7.32. The van der Waals surface area contributed by atoms with Gasteiger partial charge in [-0.3, -0.25) is 24.0 Å². The molecule has 0 aromatic heterocycles. The lowest BCUT2D eigenvalue weighted by molar-refractivity contribution is -0.166. The number of allylic oxidation sites excluding steroid dienone is 2. The van der Waals surface area contributed by atoms with Crippen LogP contribution in [0.1, 0.15) is 129 Å². The summed E-state index contributed by atoms with van der Waals surface area (Å²) < 4.78 is 37.1. The SMILES string of the molecule is COc1c(C)c2c(c(O)c1C/C=C(\C)CCC(=O)OCc1cc(C)c(OC(=O)CCCCCCC(C)CC(=O)OC(COC(C)=O)COC(C)=O)c(C)c1)C(=O)OC2. The second-order valence-electron chi connectivity index (χ2n) is 14.8. The fourth-order valence-corrected chi connectivity index (χ4v) is 6.66. The molecule has 0 amide bonds. The molecule has 14 heteroatoms. The summed E-state index contributed by atoms with van der Waals surface area (Å²) in [6.45, 7) is 11.6. The number of aromatic hydroxyl groups is 1. The summed E-state index contributed by atoms with van der Waals surface area (Å²) in [5.41, 5.74) is 5.23. The molecule has 0 bridgehead atoms. The summed E-state index contributed by atoms with van der Waals surface area (Å²) in [4.78, 5) is 72.1. The Balaban J connectivity index is 1.36. The number of cyclic esters (lactones) is 1. The first-order valence-electron chi connectivity index (χ1n) is 19.7. The van der Waals surface area contributed by atoms with Gasteiger partial charge in [0.25, 0.3) is 0 Å². The number of phenolic OH excluding ortho intramolecular Hbond substituents is 1. The van der Waals surface area contributed by atoms with Crippen LogP contribution in [0, 0.1) is 26.7 Å².